The smallest absolute Gasteiger partial charge is 0.280 e. The molecule has 0 bridgehead atoms. The molecule has 29 heavy (non-hydrogen) atoms. The first-order valence-corrected chi connectivity index (χ1v) is 9.80. The molecule has 1 N–H and O–H groups in total. The van der Waals surface area contributed by atoms with Crippen LogP contribution in [0.25, 0.3) is 21.7 Å². The van der Waals surface area contributed by atoms with Crippen LogP contribution in [0.5, 0.6) is 0 Å². The Hall–Kier alpha value is -3.52. The van der Waals surface area contributed by atoms with Crippen molar-refractivity contribution in [3.8, 4) is 21.7 Å². The summed E-state index contributed by atoms with van der Waals surface area (Å²) in [5.74, 6) is -0.218. The molecule has 0 spiro atoms. The maximum absolute atomic E-state index is 12.5. The number of hydrogen-bond donors (Lipinski definition) is 1. The van der Waals surface area contributed by atoms with Crippen molar-refractivity contribution in [1.82, 2.24) is 30.2 Å². The van der Waals surface area contributed by atoms with E-state index in [1.165, 1.54) is 17.7 Å². The molecule has 1 amide bonds. The van der Waals surface area contributed by atoms with Crippen LogP contribution in [0.3, 0.4) is 0 Å². The molecule has 144 valence electrons. The van der Waals surface area contributed by atoms with Crippen molar-refractivity contribution in [1.29, 1.82) is 0 Å². The second kappa shape index (κ2) is 8.24. The highest BCUT2D eigenvalue weighted by Gasteiger charge is 2.13. The monoisotopic (exact) mass is 402 g/mol. The molecule has 0 unspecified atom stereocenters. The fourth-order valence-electron chi connectivity index (χ4n) is 2.92. The molecular weight excluding hydrogens is 384 g/mol. The van der Waals surface area contributed by atoms with Gasteiger partial charge in [-0.1, -0.05) is 6.07 Å². The molecule has 0 atom stereocenters. The predicted octanol–water partition coefficient (Wildman–Crippen LogP) is 3.60. The number of amides is 1. The van der Waals surface area contributed by atoms with Gasteiger partial charge in [-0.3, -0.25) is 14.8 Å². The number of pyridine rings is 2. The van der Waals surface area contributed by atoms with Crippen LogP contribution in [0.15, 0.2) is 55.5 Å². The summed E-state index contributed by atoms with van der Waals surface area (Å²) in [6, 6.07) is 5.99. The maximum Gasteiger partial charge on any atom is 0.280 e. The molecule has 0 saturated heterocycles. The maximum atomic E-state index is 12.5. The van der Waals surface area contributed by atoms with Crippen LogP contribution >= 0.6 is 11.3 Å². The van der Waals surface area contributed by atoms with E-state index < -0.39 is 0 Å². The van der Waals surface area contributed by atoms with Crippen LogP contribution in [0.2, 0.25) is 0 Å². The normalized spacial score (nSPS) is 10.7. The number of hydrogen-bond acceptors (Lipinski definition) is 7. The molecule has 4 rings (SSSR count). The Kier molecular flexibility index (Phi) is 5.35. The number of nitrogens with zero attached hydrogens (tertiary/aromatic N) is 5. The van der Waals surface area contributed by atoms with E-state index in [1.54, 1.807) is 31.0 Å². The second-order valence-electron chi connectivity index (χ2n) is 6.53. The van der Waals surface area contributed by atoms with Crippen LogP contribution in [-0.2, 0) is 6.54 Å². The molecule has 4 aromatic rings. The van der Waals surface area contributed by atoms with E-state index in [-0.39, 0.29) is 5.91 Å². The molecule has 0 aromatic carbocycles. The van der Waals surface area contributed by atoms with Gasteiger partial charge in [-0.25, -0.2) is 15.0 Å². The fourth-order valence-corrected chi connectivity index (χ4v) is 3.73. The number of aromatic nitrogens is 5. The van der Waals surface area contributed by atoms with Crippen LogP contribution in [0.1, 0.15) is 26.6 Å². The molecule has 0 aliphatic heterocycles. The summed E-state index contributed by atoms with van der Waals surface area (Å²) in [5, 5.41) is 3.30. The van der Waals surface area contributed by atoms with Crippen LogP contribution in [-0.4, -0.2) is 30.8 Å². The minimum atomic E-state index is -0.218. The molecule has 0 fully saturated rings. The number of aryl methyl sites for hydroxylation is 2. The number of thiazole rings is 1. The third kappa shape index (κ3) is 4.33. The van der Waals surface area contributed by atoms with Gasteiger partial charge in [0.25, 0.3) is 5.91 Å². The summed E-state index contributed by atoms with van der Waals surface area (Å²) in [6.07, 6.45) is 10.1. The average Bonchev–Trinajstić information content (AvgIpc) is 3.23. The first-order valence-electron chi connectivity index (χ1n) is 8.98. The van der Waals surface area contributed by atoms with Crippen LogP contribution in [0, 0.1) is 13.8 Å². The summed E-state index contributed by atoms with van der Waals surface area (Å²) < 4.78 is 0. The van der Waals surface area contributed by atoms with E-state index in [0.717, 1.165) is 38.5 Å². The lowest BCUT2D eigenvalue weighted by Crippen LogP contribution is -2.22. The third-order valence-corrected chi connectivity index (χ3v) is 5.35. The van der Waals surface area contributed by atoms with Crippen LogP contribution < -0.4 is 5.32 Å². The van der Waals surface area contributed by atoms with Gasteiger partial charge in [0.15, 0.2) is 5.01 Å². The third-order valence-electron chi connectivity index (χ3n) is 4.30. The lowest BCUT2D eigenvalue weighted by Gasteiger charge is -2.09. The summed E-state index contributed by atoms with van der Waals surface area (Å²) in [4.78, 5) is 34.3. The average molecular weight is 402 g/mol. The zero-order chi connectivity index (χ0) is 20.2. The minimum Gasteiger partial charge on any atom is -0.346 e. The Bertz CT molecular complexity index is 1160. The summed E-state index contributed by atoms with van der Waals surface area (Å²) >= 11 is 1.31. The van der Waals surface area contributed by atoms with Gasteiger partial charge in [-0.2, -0.15) is 0 Å². The van der Waals surface area contributed by atoms with E-state index in [9.17, 15) is 4.79 Å². The first-order chi connectivity index (χ1) is 14.1. The number of nitrogens with one attached hydrogen (secondary N) is 1. The highest BCUT2D eigenvalue weighted by molar-refractivity contribution is 7.16. The van der Waals surface area contributed by atoms with Gasteiger partial charge in [0.05, 0.1) is 10.6 Å². The fraction of sp³-hybridized carbons (Fsp3) is 0.143. The lowest BCUT2D eigenvalue weighted by atomic mass is 10.1. The Morgan fingerprint density at radius 1 is 1.00 bits per heavy atom. The molecule has 0 aliphatic carbocycles. The highest BCUT2D eigenvalue weighted by atomic mass is 32.1. The van der Waals surface area contributed by atoms with E-state index in [1.807, 2.05) is 32.0 Å². The Morgan fingerprint density at radius 3 is 2.59 bits per heavy atom. The van der Waals surface area contributed by atoms with Gasteiger partial charge in [-0.05, 0) is 37.1 Å². The molecule has 0 radical (unpaired) electrons. The number of carbonyl (C=O) groups excluding carboxylic acids is 1. The molecular formula is C21H18N6OS. The summed E-state index contributed by atoms with van der Waals surface area (Å²) in [6.45, 7) is 4.35. The molecule has 4 aromatic heterocycles. The van der Waals surface area contributed by atoms with Gasteiger partial charge in [-0.15, -0.1) is 11.3 Å². The molecule has 7 nitrogen and oxygen atoms in total. The highest BCUT2D eigenvalue weighted by Crippen LogP contribution is 2.25. The first kappa shape index (κ1) is 18.8. The lowest BCUT2D eigenvalue weighted by molar-refractivity contribution is 0.0950. The zero-order valence-electron chi connectivity index (χ0n) is 16.0. The van der Waals surface area contributed by atoms with E-state index >= 15 is 0 Å². The Morgan fingerprint density at radius 2 is 1.83 bits per heavy atom. The summed E-state index contributed by atoms with van der Waals surface area (Å²) in [7, 11) is 0. The van der Waals surface area contributed by atoms with Gasteiger partial charge in [0.2, 0.25) is 0 Å². The van der Waals surface area contributed by atoms with Gasteiger partial charge < -0.3 is 5.32 Å². The largest absolute Gasteiger partial charge is 0.346 e. The van der Waals surface area contributed by atoms with Crippen molar-refractivity contribution in [3.05, 3.63) is 77.3 Å². The van der Waals surface area contributed by atoms with Crippen molar-refractivity contribution in [2.75, 3.05) is 0 Å². The SMILES string of the molecule is Cc1cc(-c2ncc(CNC(=O)c3ncc(-c4cncnc4)s3)cc2C)ccn1. The zero-order valence-corrected chi connectivity index (χ0v) is 16.8. The number of rotatable bonds is 5. The molecule has 0 aliphatic rings. The van der Waals surface area contributed by atoms with Crippen molar-refractivity contribution in [2.24, 2.45) is 0 Å². The van der Waals surface area contributed by atoms with E-state index in [4.69, 9.17) is 0 Å². The van der Waals surface area contributed by atoms with Crippen molar-refractivity contribution in [3.63, 3.8) is 0 Å². The van der Waals surface area contributed by atoms with E-state index in [2.05, 4.69) is 30.2 Å². The Labute approximate surface area is 172 Å². The number of carbonyl (C=O) groups is 1. The second-order valence-corrected chi connectivity index (χ2v) is 7.57. The molecule has 0 saturated carbocycles. The van der Waals surface area contributed by atoms with Crippen molar-refractivity contribution in [2.45, 2.75) is 20.4 Å². The van der Waals surface area contributed by atoms with Crippen molar-refractivity contribution < 1.29 is 4.79 Å². The van der Waals surface area contributed by atoms with Gasteiger partial charge in [0, 0.05) is 54.3 Å². The van der Waals surface area contributed by atoms with Gasteiger partial charge in [0.1, 0.15) is 6.33 Å². The predicted molar refractivity (Wildman–Crippen MR) is 111 cm³/mol. The standard InChI is InChI=1S/C21H18N6OS/c1-13-5-15(7-25-19(13)16-3-4-24-14(2)6-16)8-26-20(28)21-27-11-18(29-21)17-9-22-12-23-10-17/h3-7,9-12H,8H2,1-2H3,(H,26,28). The topological polar surface area (TPSA) is 93.6 Å². The minimum absolute atomic E-state index is 0.218. The van der Waals surface area contributed by atoms with E-state index in [0.29, 0.717) is 11.6 Å². The Balaban J connectivity index is 1.43. The van der Waals surface area contributed by atoms with Crippen LogP contribution in [0.4, 0.5) is 0 Å². The summed E-state index contributed by atoms with van der Waals surface area (Å²) in [5.41, 5.74) is 5.71. The van der Waals surface area contributed by atoms with Crippen molar-refractivity contribution >= 4 is 17.2 Å². The molecule has 8 heteroatoms. The molecule has 4 heterocycles. The quantitative estimate of drug-likeness (QED) is 0.548. The van der Waals surface area contributed by atoms with Gasteiger partial charge >= 0.3 is 0 Å².